The van der Waals surface area contributed by atoms with Crippen molar-refractivity contribution in [3.05, 3.63) is 11.4 Å². The predicted octanol–water partition coefficient (Wildman–Crippen LogP) is 1.38. The molecule has 1 N–H and O–H groups in total. The summed E-state index contributed by atoms with van der Waals surface area (Å²) in [5.41, 5.74) is 1.32. The van der Waals surface area contributed by atoms with Gasteiger partial charge in [0.2, 0.25) is 5.91 Å². The molecule has 8 nitrogen and oxygen atoms in total. The van der Waals surface area contributed by atoms with Crippen molar-refractivity contribution in [2.45, 2.75) is 57.9 Å². The Morgan fingerprint density at radius 3 is 2.25 bits per heavy atom. The number of carbonyl (C=O) groups is 2. The van der Waals surface area contributed by atoms with E-state index in [0.29, 0.717) is 43.8 Å². The van der Waals surface area contributed by atoms with Crippen molar-refractivity contribution in [1.82, 2.24) is 30.1 Å². The van der Waals surface area contributed by atoms with Crippen molar-refractivity contribution in [3.63, 3.8) is 0 Å². The van der Waals surface area contributed by atoms with Crippen LogP contribution >= 0.6 is 0 Å². The third-order valence-corrected chi connectivity index (χ3v) is 6.62. The van der Waals surface area contributed by atoms with E-state index in [1.807, 2.05) is 21.4 Å². The molecule has 2 amide bonds. The highest BCUT2D eigenvalue weighted by Crippen LogP contribution is 2.26. The first-order valence-electron chi connectivity index (χ1n) is 10.9. The molecule has 1 saturated carbocycles. The summed E-state index contributed by atoms with van der Waals surface area (Å²) >= 11 is 0. The molecule has 8 heteroatoms. The van der Waals surface area contributed by atoms with Gasteiger partial charge in [-0.15, -0.1) is 5.10 Å². The summed E-state index contributed by atoms with van der Waals surface area (Å²) < 4.78 is 1.93. The smallest absolute Gasteiger partial charge is 0.276 e. The molecule has 2 aliphatic heterocycles. The molecule has 0 spiro atoms. The van der Waals surface area contributed by atoms with E-state index < -0.39 is 0 Å². The molecule has 0 aromatic carbocycles. The lowest BCUT2D eigenvalue weighted by molar-refractivity contribution is -0.138. The number of aromatic nitrogens is 3. The van der Waals surface area contributed by atoms with Crippen LogP contribution in [0.5, 0.6) is 0 Å². The topological polar surface area (TPSA) is 83.4 Å². The molecule has 3 fully saturated rings. The Balaban J connectivity index is 1.35. The SMILES string of the molecule is Cc1c(C(=O)N2CCN(C(=O)C3CCCCC3)CC2)nnn1C1CCNCC1. The van der Waals surface area contributed by atoms with Crippen LogP contribution in [0.2, 0.25) is 0 Å². The molecule has 0 radical (unpaired) electrons. The molecule has 0 atom stereocenters. The van der Waals surface area contributed by atoms with Crippen LogP contribution in [-0.2, 0) is 4.79 Å². The number of rotatable bonds is 3. The molecule has 0 bridgehead atoms. The zero-order valence-corrected chi connectivity index (χ0v) is 16.9. The Hall–Kier alpha value is -1.96. The number of nitrogens with one attached hydrogen (secondary N) is 1. The lowest BCUT2D eigenvalue weighted by Crippen LogP contribution is -2.52. The highest BCUT2D eigenvalue weighted by Gasteiger charge is 2.32. The van der Waals surface area contributed by atoms with Crippen molar-refractivity contribution in [3.8, 4) is 0 Å². The summed E-state index contributed by atoms with van der Waals surface area (Å²) in [4.78, 5) is 29.5. The maximum atomic E-state index is 13.0. The second-order valence-corrected chi connectivity index (χ2v) is 8.40. The second kappa shape index (κ2) is 8.59. The third kappa shape index (κ3) is 3.92. The number of amides is 2. The molecular weight excluding hydrogens is 356 g/mol. The zero-order valence-electron chi connectivity index (χ0n) is 16.9. The number of piperidine rings is 1. The quantitative estimate of drug-likeness (QED) is 0.846. The third-order valence-electron chi connectivity index (χ3n) is 6.62. The maximum absolute atomic E-state index is 13.0. The summed E-state index contributed by atoms with van der Waals surface area (Å²) in [6, 6.07) is 0.320. The van der Waals surface area contributed by atoms with Gasteiger partial charge in [0.25, 0.3) is 5.91 Å². The van der Waals surface area contributed by atoms with Gasteiger partial charge in [-0.2, -0.15) is 0 Å². The second-order valence-electron chi connectivity index (χ2n) is 8.40. The number of carbonyl (C=O) groups excluding carboxylic acids is 2. The van der Waals surface area contributed by atoms with E-state index >= 15 is 0 Å². The number of nitrogens with zero attached hydrogens (tertiary/aromatic N) is 5. The van der Waals surface area contributed by atoms with E-state index in [2.05, 4.69) is 15.6 Å². The van der Waals surface area contributed by atoms with Crippen LogP contribution in [0.3, 0.4) is 0 Å². The first-order chi connectivity index (χ1) is 13.6. The van der Waals surface area contributed by atoms with Gasteiger partial charge in [-0.3, -0.25) is 9.59 Å². The Bertz CT molecular complexity index is 698. The van der Waals surface area contributed by atoms with E-state index in [1.165, 1.54) is 19.3 Å². The average Bonchev–Trinajstić information content (AvgIpc) is 3.15. The normalized spacial score (nSPS) is 22.5. The van der Waals surface area contributed by atoms with Gasteiger partial charge in [-0.25, -0.2) is 4.68 Å². The first-order valence-corrected chi connectivity index (χ1v) is 10.9. The lowest BCUT2D eigenvalue weighted by atomic mass is 9.88. The van der Waals surface area contributed by atoms with Crippen molar-refractivity contribution < 1.29 is 9.59 Å². The number of hydrogen-bond donors (Lipinski definition) is 1. The first kappa shape index (κ1) is 19.4. The monoisotopic (exact) mass is 388 g/mol. The van der Waals surface area contributed by atoms with Crippen LogP contribution < -0.4 is 5.32 Å². The van der Waals surface area contributed by atoms with Crippen molar-refractivity contribution in [2.75, 3.05) is 39.3 Å². The molecule has 1 aromatic rings. The van der Waals surface area contributed by atoms with Crippen LogP contribution in [0, 0.1) is 12.8 Å². The summed E-state index contributed by atoms with van der Waals surface area (Å²) in [5.74, 6) is 0.436. The van der Waals surface area contributed by atoms with E-state index in [-0.39, 0.29) is 11.8 Å². The fourth-order valence-electron chi connectivity index (χ4n) is 4.82. The van der Waals surface area contributed by atoms with Gasteiger partial charge < -0.3 is 15.1 Å². The van der Waals surface area contributed by atoms with Crippen LogP contribution in [-0.4, -0.2) is 75.9 Å². The summed E-state index contributed by atoms with van der Waals surface area (Å²) in [6.07, 6.45) is 7.67. The predicted molar refractivity (Wildman–Crippen MR) is 105 cm³/mol. The average molecular weight is 389 g/mol. The van der Waals surface area contributed by atoms with Gasteiger partial charge in [0.1, 0.15) is 0 Å². The van der Waals surface area contributed by atoms with Crippen LogP contribution in [0.1, 0.15) is 67.2 Å². The van der Waals surface area contributed by atoms with Crippen molar-refractivity contribution in [1.29, 1.82) is 0 Å². The van der Waals surface area contributed by atoms with E-state index in [9.17, 15) is 9.59 Å². The van der Waals surface area contributed by atoms with Gasteiger partial charge in [0.15, 0.2) is 5.69 Å². The molecule has 154 valence electrons. The summed E-state index contributed by atoms with van der Waals surface area (Å²) in [5, 5.41) is 11.9. The fourth-order valence-corrected chi connectivity index (χ4v) is 4.82. The van der Waals surface area contributed by atoms with Crippen molar-refractivity contribution >= 4 is 11.8 Å². The summed E-state index contributed by atoms with van der Waals surface area (Å²) in [6.45, 7) is 6.31. The van der Waals surface area contributed by atoms with E-state index in [4.69, 9.17) is 0 Å². The lowest BCUT2D eigenvalue weighted by Gasteiger charge is -2.37. The Labute approximate surface area is 166 Å². The molecule has 28 heavy (non-hydrogen) atoms. The molecule has 1 aromatic heterocycles. The largest absolute Gasteiger partial charge is 0.339 e. The minimum absolute atomic E-state index is 0.0533. The minimum Gasteiger partial charge on any atom is -0.339 e. The maximum Gasteiger partial charge on any atom is 0.276 e. The van der Waals surface area contributed by atoms with Crippen LogP contribution in [0.25, 0.3) is 0 Å². The highest BCUT2D eigenvalue weighted by molar-refractivity contribution is 5.93. The van der Waals surface area contributed by atoms with Crippen LogP contribution in [0.15, 0.2) is 0 Å². The van der Waals surface area contributed by atoms with Gasteiger partial charge in [0, 0.05) is 32.1 Å². The molecule has 1 aliphatic carbocycles. The number of hydrogen-bond acceptors (Lipinski definition) is 5. The van der Waals surface area contributed by atoms with Gasteiger partial charge in [0.05, 0.1) is 11.7 Å². The Morgan fingerprint density at radius 1 is 0.929 bits per heavy atom. The zero-order chi connectivity index (χ0) is 19.5. The van der Waals surface area contributed by atoms with E-state index in [0.717, 1.165) is 44.5 Å². The van der Waals surface area contributed by atoms with E-state index in [1.54, 1.807) is 0 Å². The fraction of sp³-hybridized carbons (Fsp3) is 0.800. The van der Waals surface area contributed by atoms with Gasteiger partial charge in [-0.05, 0) is 45.7 Å². The molecule has 0 unspecified atom stereocenters. The standard InChI is InChI=1S/C20H32N6O2/c1-15-18(22-23-26(15)17-7-9-21-10-8-17)20(28)25-13-11-24(12-14-25)19(27)16-5-3-2-4-6-16/h16-17,21H,2-14H2,1H3. The van der Waals surface area contributed by atoms with Crippen LogP contribution in [0.4, 0.5) is 0 Å². The Kier molecular flexibility index (Phi) is 5.94. The van der Waals surface area contributed by atoms with Crippen molar-refractivity contribution in [2.24, 2.45) is 5.92 Å². The Morgan fingerprint density at radius 2 is 1.57 bits per heavy atom. The number of piperazine rings is 1. The minimum atomic E-state index is -0.0533. The molecule has 3 aliphatic rings. The van der Waals surface area contributed by atoms with Gasteiger partial charge in [-0.1, -0.05) is 24.5 Å². The molecule has 4 rings (SSSR count). The summed E-state index contributed by atoms with van der Waals surface area (Å²) in [7, 11) is 0. The van der Waals surface area contributed by atoms with Gasteiger partial charge >= 0.3 is 0 Å². The molecule has 3 heterocycles. The highest BCUT2D eigenvalue weighted by atomic mass is 16.2. The molecular formula is C20H32N6O2. The molecule has 2 saturated heterocycles.